The zero-order valence-corrected chi connectivity index (χ0v) is 8.60. The number of nitrogens with two attached hydrogens (primary N) is 1. The first-order valence-corrected chi connectivity index (χ1v) is 4.37. The molecule has 1 rings (SSSR count). The molecular formula is C10H11NO5. The molecule has 0 spiro atoms. The third-order valence-electron chi connectivity index (χ3n) is 1.83. The third-order valence-corrected chi connectivity index (χ3v) is 1.83. The van der Waals surface area contributed by atoms with E-state index in [2.05, 4.69) is 4.74 Å². The summed E-state index contributed by atoms with van der Waals surface area (Å²) in [6, 6.07) is 3.99. The van der Waals surface area contributed by atoms with Gasteiger partial charge < -0.3 is 20.3 Å². The number of methoxy groups -OCH3 is 1. The van der Waals surface area contributed by atoms with E-state index in [0.29, 0.717) is 0 Å². The zero-order chi connectivity index (χ0) is 12.1. The summed E-state index contributed by atoms with van der Waals surface area (Å²) in [4.78, 5) is 21.4. The molecule has 16 heavy (non-hydrogen) atoms. The summed E-state index contributed by atoms with van der Waals surface area (Å²) in [6.45, 7) is -0.271. The van der Waals surface area contributed by atoms with Crippen LogP contribution in [0.2, 0.25) is 0 Å². The molecule has 6 heteroatoms. The Bertz CT molecular complexity index is 416. The number of carboxylic acid groups (broad SMARTS) is 1. The Balaban J connectivity index is 2.75. The Morgan fingerprint density at radius 3 is 2.62 bits per heavy atom. The summed E-state index contributed by atoms with van der Waals surface area (Å²) in [5.41, 5.74) is 5.76. The number of benzene rings is 1. The number of hydrogen-bond donors (Lipinski definition) is 2. The standard InChI is InChI=1S/C10H11NO5/c1-15-9(12)5-16-8-3-2-6(10(13)14)4-7(8)11/h2-4H,5,11H2,1H3,(H,13,14). The first-order chi connectivity index (χ1) is 7.54. The minimum atomic E-state index is -1.08. The Labute approximate surface area is 91.6 Å². The van der Waals surface area contributed by atoms with Gasteiger partial charge in [0.1, 0.15) is 5.75 Å². The molecule has 1 aromatic carbocycles. The zero-order valence-electron chi connectivity index (χ0n) is 8.60. The Hall–Kier alpha value is -2.24. The lowest BCUT2D eigenvalue weighted by atomic mass is 10.2. The van der Waals surface area contributed by atoms with Gasteiger partial charge in [-0.2, -0.15) is 0 Å². The molecule has 0 fully saturated rings. The van der Waals surface area contributed by atoms with Crippen molar-refractivity contribution in [2.24, 2.45) is 0 Å². The van der Waals surface area contributed by atoms with Crippen LogP contribution in [0.1, 0.15) is 10.4 Å². The summed E-state index contributed by atoms with van der Waals surface area (Å²) in [7, 11) is 1.24. The number of ether oxygens (including phenoxy) is 2. The summed E-state index contributed by atoms with van der Waals surface area (Å²) in [6.07, 6.45) is 0. The van der Waals surface area contributed by atoms with E-state index in [1.165, 1.54) is 25.3 Å². The van der Waals surface area contributed by atoms with Crippen LogP contribution >= 0.6 is 0 Å². The highest BCUT2D eigenvalue weighted by Crippen LogP contribution is 2.22. The first-order valence-electron chi connectivity index (χ1n) is 4.37. The van der Waals surface area contributed by atoms with Crippen molar-refractivity contribution in [3.63, 3.8) is 0 Å². The molecule has 0 radical (unpaired) electrons. The van der Waals surface area contributed by atoms with Crippen LogP contribution < -0.4 is 10.5 Å². The molecular weight excluding hydrogens is 214 g/mol. The number of carboxylic acids is 1. The smallest absolute Gasteiger partial charge is 0.343 e. The molecule has 0 saturated carbocycles. The lowest BCUT2D eigenvalue weighted by Gasteiger charge is -2.07. The van der Waals surface area contributed by atoms with Crippen LogP contribution in [0.5, 0.6) is 5.75 Å². The Morgan fingerprint density at radius 1 is 1.44 bits per heavy atom. The maximum Gasteiger partial charge on any atom is 0.343 e. The minimum Gasteiger partial charge on any atom is -0.480 e. The maximum atomic E-state index is 10.8. The number of hydrogen-bond acceptors (Lipinski definition) is 5. The molecule has 0 atom stereocenters. The van der Waals surface area contributed by atoms with E-state index >= 15 is 0 Å². The van der Waals surface area contributed by atoms with Gasteiger partial charge in [0.2, 0.25) is 0 Å². The van der Waals surface area contributed by atoms with Crippen molar-refractivity contribution in [3.05, 3.63) is 23.8 Å². The lowest BCUT2D eigenvalue weighted by Crippen LogP contribution is -2.13. The van der Waals surface area contributed by atoms with Gasteiger partial charge >= 0.3 is 11.9 Å². The van der Waals surface area contributed by atoms with Crippen molar-refractivity contribution in [2.75, 3.05) is 19.5 Å². The molecule has 6 nitrogen and oxygen atoms in total. The number of carbonyl (C=O) groups is 2. The molecule has 1 aromatic rings. The second-order valence-electron chi connectivity index (χ2n) is 2.92. The Kier molecular flexibility index (Phi) is 3.71. The maximum absolute atomic E-state index is 10.8. The highest BCUT2D eigenvalue weighted by Gasteiger charge is 2.08. The van der Waals surface area contributed by atoms with Crippen molar-refractivity contribution >= 4 is 17.6 Å². The fraction of sp³-hybridized carbons (Fsp3) is 0.200. The quantitative estimate of drug-likeness (QED) is 0.572. The number of nitrogen functional groups attached to an aromatic ring is 1. The van der Waals surface area contributed by atoms with Crippen molar-refractivity contribution < 1.29 is 24.2 Å². The van der Waals surface area contributed by atoms with Gasteiger partial charge in [0.15, 0.2) is 6.61 Å². The summed E-state index contributed by atoms with van der Waals surface area (Å²) in [5.74, 6) is -1.37. The third kappa shape index (κ3) is 2.88. The topological polar surface area (TPSA) is 98.8 Å². The monoisotopic (exact) mass is 225 g/mol. The average Bonchev–Trinajstić information content (AvgIpc) is 2.26. The van der Waals surface area contributed by atoms with Crippen LogP contribution in [-0.4, -0.2) is 30.8 Å². The van der Waals surface area contributed by atoms with Crippen molar-refractivity contribution in [3.8, 4) is 5.75 Å². The van der Waals surface area contributed by atoms with Gasteiger partial charge in [-0.15, -0.1) is 0 Å². The SMILES string of the molecule is COC(=O)COc1ccc(C(=O)O)cc1N. The predicted molar refractivity (Wildman–Crippen MR) is 55.3 cm³/mol. The van der Waals surface area contributed by atoms with E-state index in [-0.39, 0.29) is 23.6 Å². The largest absolute Gasteiger partial charge is 0.480 e. The lowest BCUT2D eigenvalue weighted by molar-refractivity contribution is -0.142. The molecule has 0 amide bonds. The molecule has 0 aliphatic heterocycles. The number of esters is 1. The van der Waals surface area contributed by atoms with E-state index in [1.807, 2.05) is 0 Å². The summed E-state index contributed by atoms with van der Waals surface area (Å²) < 4.78 is 9.41. The normalized spacial score (nSPS) is 9.56. The van der Waals surface area contributed by atoms with E-state index in [1.54, 1.807) is 0 Å². The number of rotatable bonds is 4. The van der Waals surface area contributed by atoms with Crippen molar-refractivity contribution in [2.45, 2.75) is 0 Å². The van der Waals surface area contributed by atoms with Gasteiger partial charge in [-0.3, -0.25) is 0 Å². The number of anilines is 1. The van der Waals surface area contributed by atoms with Gasteiger partial charge in [-0.25, -0.2) is 9.59 Å². The number of carbonyl (C=O) groups excluding carboxylic acids is 1. The van der Waals surface area contributed by atoms with Gasteiger partial charge in [0, 0.05) is 0 Å². The van der Waals surface area contributed by atoms with E-state index in [4.69, 9.17) is 15.6 Å². The summed E-state index contributed by atoms with van der Waals surface area (Å²) >= 11 is 0. The van der Waals surface area contributed by atoms with E-state index in [0.717, 1.165) is 0 Å². The van der Waals surface area contributed by atoms with Crippen LogP contribution in [0, 0.1) is 0 Å². The first kappa shape index (κ1) is 11.8. The average molecular weight is 225 g/mol. The molecule has 0 saturated heterocycles. The highest BCUT2D eigenvalue weighted by atomic mass is 16.6. The molecule has 0 unspecified atom stereocenters. The molecule has 0 aliphatic carbocycles. The molecule has 86 valence electrons. The fourth-order valence-corrected chi connectivity index (χ4v) is 1.01. The molecule has 0 heterocycles. The van der Waals surface area contributed by atoms with Crippen LogP contribution in [0.3, 0.4) is 0 Å². The van der Waals surface area contributed by atoms with E-state index in [9.17, 15) is 9.59 Å². The molecule has 0 aromatic heterocycles. The van der Waals surface area contributed by atoms with Crippen molar-refractivity contribution in [1.29, 1.82) is 0 Å². The van der Waals surface area contributed by atoms with Crippen LogP contribution in [0.25, 0.3) is 0 Å². The van der Waals surface area contributed by atoms with E-state index < -0.39 is 11.9 Å². The molecule has 0 aliphatic rings. The summed E-state index contributed by atoms with van der Waals surface area (Å²) in [5, 5.41) is 8.69. The molecule has 0 bridgehead atoms. The second-order valence-corrected chi connectivity index (χ2v) is 2.92. The van der Waals surface area contributed by atoms with Crippen molar-refractivity contribution in [1.82, 2.24) is 0 Å². The molecule has 3 N–H and O–H groups in total. The Morgan fingerprint density at radius 2 is 2.12 bits per heavy atom. The number of aromatic carboxylic acids is 1. The fourth-order valence-electron chi connectivity index (χ4n) is 1.01. The van der Waals surface area contributed by atoms with Gasteiger partial charge in [0.05, 0.1) is 18.4 Å². The highest BCUT2D eigenvalue weighted by molar-refractivity contribution is 5.89. The van der Waals surface area contributed by atoms with Crippen LogP contribution in [-0.2, 0) is 9.53 Å². The minimum absolute atomic E-state index is 0.0583. The van der Waals surface area contributed by atoms with Gasteiger partial charge in [-0.05, 0) is 18.2 Å². The van der Waals surface area contributed by atoms with Crippen LogP contribution in [0.4, 0.5) is 5.69 Å². The van der Waals surface area contributed by atoms with Gasteiger partial charge in [0.25, 0.3) is 0 Å². The van der Waals surface area contributed by atoms with Crippen LogP contribution in [0.15, 0.2) is 18.2 Å². The van der Waals surface area contributed by atoms with Gasteiger partial charge in [-0.1, -0.05) is 0 Å². The second kappa shape index (κ2) is 5.01. The predicted octanol–water partition coefficient (Wildman–Crippen LogP) is 0.519.